The van der Waals surface area contributed by atoms with E-state index in [1.807, 2.05) is 60.7 Å². The second-order valence-electron chi connectivity index (χ2n) is 6.31. The van der Waals surface area contributed by atoms with E-state index in [0.29, 0.717) is 16.7 Å². The van der Waals surface area contributed by atoms with Gasteiger partial charge in [-0.2, -0.15) is 0 Å². The first-order valence-electron chi connectivity index (χ1n) is 8.46. The molecular weight excluding hydrogens is 346 g/mol. The molecule has 0 saturated heterocycles. The van der Waals surface area contributed by atoms with Crippen molar-refractivity contribution in [1.82, 2.24) is 0 Å². The number of benzene rings is 2. The Bertz CT molecular complexity index is 906. The molecule has 0 radical (unpaired) electrons. The summed E-state index contributed by atoms with van der Waals surface area (Å²) in [5.74, 6) is 1.60. The molecule has 26 heavy (non-hydrogen) atoms. The molecule has 1 aromatic heterocycles. The number of rotatable bonds is 5. The molecule has 132 valence electrons. The van der Waals surface area contributed by atoms with Gasteiger partial charge in [-0.1, -0.05) is 37.6 Å². The standard InChI is InChI=1S/C22H20ClNO2/c1-15(2)16-5-9-19(10-6-16)24-22(25)14-12-20-11-13-21(26-20)17-3-7-18(23)8-4-17/h3-15H,1-2H3,(H,24,25). The van der Waals surface area contributed by atoms with Gasteiger partial charge in [0.15, 0.2) is 0 Å². The van der Waals surface area contributed by atoms with Crippen LogP contribution in [-0.2, 0) is 4.79 Å². The normalized spacial score (nSPS) is 11.2. The maximum Gasteiger partial charge on any atom is 0.248 e. The first-order valence-corrected chi connectivity index (χ1v) is 8.84. The second kappa shape index (κ2) is 8.07. The number of hydrogen-bond donors (Lipinski definition) is 1. The number of amides is 1. The molecule has 0 aliphatic carbocycles. The summed E-state index contributed by atoms with van der Waals surface area (Å²) < 4.78 is 5.74. The molecule has 0 aliphatic heterocycles. The molecule has 0 aliphatic rings. The number of nitrogens with one attached hydrogen (secondary N) is 1. The van der Waals surface area contributed by atoms with Gasteiger partial charge in [-0.05, 0) is 66.1 Å². The highest BCUT2D eigenvalue weighted by molar-refractivity contribution is 6.30. The highest BCUT2D eigenvalue weighted by Crippen LogP contribution is 2.24. The lowest BCUT2D eigenvalue weighted by Crippen LogP contribution is -2.07. The zero-order valence-corrected chi connectivity index (χ0v) is 15.5. The van der Waals surface area contributed by atoms with Crippen LogP contribution in [0.3, 0.4) is 0 Å². The maximum atomic E-state index is 12.1. The van der Waals surface area contributed by atoms with E-state index in [0.717, 1.165) is 17.0 Å². The minimum Gasteiger partial charge on any atom is -0.457 e. The lowest BCUT2D eigenvalue weighted by atomic mass is 10.0. The van der Waals surface area contributed by atoms with E-state index in [1.165, 1.54) is 11.6 Å². The Hall–Kier alpha value is -2.78. The fourth-order valence-corrected chi connectivity index (χ4v) is 2.63. The summed E-state index contributed by atoms with van der Waals surface area (Å²) >= 11 is 5.89. The first-order chi connectivity index (χ1) is 12.5. The molecule has 4 heteroatoms. The van der Waals surface area contributed by atoms with Crippen LogP contribution in [0.2, 0.25) is 5.02 Å². The lowest BCUT2D eigenvalue weighted by Gasteiger charge is -2.07. The summed E-state index contributed by atoms with van der Waals surface area (Å²) in [5, 5.41) is 3.52. The van der Waals surface area contributed by atoms with Crippen LogP contribution >= 0.6 is 11.6 Å². The SMILES string of the molecule is CC(C)c1ccc(NC(=O)C=Cc2ccc(-c3ccc(Cl)cc3)o2)cc1. The molecule has 2 aromatic carbocycles. The summed E-state index contributed by atoms with van der Waals surface area (Å²) in [4.78, 5) is 12.1. The van der Waals surface area contributed by atoms with Crippen molar-refractivity contribution in [2.24, 2.45) is 0 Å². The second-order valence-corrected chi connectivity index (χ2v) is 6.74. The number of carbonyl (C=O) groups is 1. The Morgan fingerprint density at radius 1 is 1.00 bits per heavy atom. The summed E-state index contributed by atoms with van der Waals surface area (Å²) in [6.07, 6.45) is 3.11. The highest BCUT2D eigenvalue weighted by atomic mass is 35.5. The fraction of sp³-hybridized carbons (Fsp3) is 0.136. The van der Waals surface area contributed by atoms with Crippen LogP contribution in [0.4, 0.5) is 5.69 Å². The van der Waals surface area contributed by atoms with Crippen molar-refractivity contribution < 1.29 is 9.21 Å². The highest BCUT2D eigenvalue weighted by Gasteiger charge is 2.04. The molecule has 0 spiro atoms. The van der Waals surface area contributed by atoms with Gasteiger partial charge < -0.3 is 9.73 Å². The topological polar surface area (TPSA) is 42.2 Å². The van der Waals surface area contributed by atoms with Crippen LogP contribution in [-0.4, -0.2) is 5.91 Å². The predicted molar refractivity (Wildman–Crippen MR) is 107 cm³/mol. The lowest BCUT2D eigenvalue weighted by molar-refractivity contribution is -0.111. The third-order valence-corrected chi connectivity index (χ3v) is 4.25. The molecule has 3 rings (SSSR count). The predicted octanol–water partition coefficient (Wildman–Crippen LogP) is 6.38. The van der Waals surface area contributed by atoms with E-state index in [-0.39, 0.29) is 5.91 Å². The van der Waals surface area contributed by atoms with E-state index in [4.69, 9.17) is 16.0 Å². The van der Waals surface area contributed by atoms with Crippen molar-refractivity contribution >= 4 is 29.3 Å². The molecule has 3 aromatic rings. The van der Waals surface area contributed by atoms with Crippen LogP contribution in [0.5, 0.6) is 0 Å². The Balaban J connectivity index is 1.62. The van der Waals surface area contributed by atoms with Gasteiger partial charge in [0.2, 0.25) is 5.91 Å². The first kappa shape index (κ1) is 18.0. The van der Waals surface area contributed by atoms with E-state index in [2.05, 4.69) is 19.2 Å². The van der Waals surface area contributed by atoms with Gasteiger partial charge in [0.25, 0.3) is 0 Å². The number of carbonyl (C=O) groups excluding carboxylic acids is 1. The van der Waals surface area contributed by atoms with Gasteiger partial charge in [-0.15, -0.1) is 0 Å². The van der Waals surface area contributed by atoms with Gasteiger partial charge in [-0.25, -0.2) is 0 Å². The fourth-order valence-electron chi connectivity index (χ4n) is 2.50. The molecule has 1 heterocycles. The van der Waals surface area contributed by atoms with Crippen LogP contribution < -0.4 is 5.32 Å². The maximum absolute atomic E-state index is 12.1. The zero-order chi connectivity index (χ0) is 18.5. The van der Waals surface area contributed by atoms with Crippen LogP contribution in [0, 0.1) is 0 Å². The quantitative estimate of drug-likeness (QED) is 0.533. The zero-order valence-electron chi connectivity index (χ0n) is 14.7. The van der Waals surface area contributed by atoms with E-state index in [9.17, 15) is 4.79 Å². The van der Waals surface area contributed by atoms with Gasteiger partial charge in [0, 0.05) is 22.3 Å². The Labute approximate surface area is 158 Å². The molecule has 0 bridgehead atoms. The molecular formula is C22H20ClNO2. The van der Waals surface area contributed by atoms with E-state index in [1.54, 1.807) is 6.08 Å². The van der Waals surface area contributed by atoms with Crippen molar-refractivity contribution in [3.05, 3.63) is 83.1 Å². The monoisotopic (exact) mass is 365 g/mol. The van der Waals surface area contributed by atoms with Crippen LogP contribution in [0.25, 0.3) is 17.4 Å². The summed E-state index contributed by atoms with van der Waals surface area (Å²) in [5.41, 5.74) is 2.94. The summed E-state index contributed by atoms with van der Waals surface area (Å²) in [7, 11) is 0. The molecule has 0 fully saturated rings. The van der Waals surface area contributed by atoms with Crippen molar-refractivity contribution in [2.75, 3.05) is 5.32 Å². The number of furan rings is 1. The Morgan fingerprint density at radius 3 is 2.35 bits per heavy atom. The van der Waals surface area contributed by atoms with Gasteiger partial charge in [-0.3, -0.25) is 4.79 Å². The molecule has 0 saturated carbocycles. The van der Waals surface area contributed by atoms with Gasteiger partial charge >= 0.3 is 0 Å². The third-order valence-electron chi connectivity index (χ3n) is 4.00. The number of halogens is 1. The molecule has 3 nitrogen and oxygen atoms in total. The van der Waals surface area contributed by atoms with Crippen molar-refractivity contribution in [1.29, 1.82) is 0 Å². The third kappa shape index (κ3) is 4.64. The van der Waals surface area contributed by atoms with Gasteiger partial charge in [0.1, 0.15) is 11.5 Å². The minimum absolute atomic E-state index is 0.202. The molecule has 0 atom stereocenters. The van der Waals surface area contributed by atoms with E-state index < -0.39 is 0 Å². The van der Waals surface area contributed by atoms with Crippen molar-refractivity contribution in [3.63, 3.8) is 0 Å². The van der Waals surface area contributed by atoms with E-state index >= 15 is 0 Å². The number of anilines is 1. The average Bonchev–Trinajstić information content (AvgIpc) is 3.10. The van der Waals surface area contributed by atoms with Crippen LogP contribution in [0.1, 0.15) is 31.1 Å². The number of hydrogen-bond acceptors (Lipinski definition) is 2. The minimum atomic E-state index is -0.202. The summed E-state index contributed by atoms with van der Waals surface area (Å²) in [6, 6.07) is 19.0. The van der Waals surface area contributed by atoms with Gasteiger partial charge in [0.05, 0.1) is 0 Å². The summed E-state index contributed by atoms with van der Waals surface area (Å²) in [6.45, 7) is 4.27. The average molecular weight is 366 g/mol. The Morgan fingerprint density at radius 2 is 1.69 bits per heavy atom. The Kier molecular flexibility index (Phi) is 5.59. The van der Waals surface area contributed by atoms with Crippen molar-refractivity contribution in [2.45, 2.75) is 19.8 Å². The van der Waals surface area contributed by atoms with Crippen molar-refractivity contribution in [3.8, 4) is 11.3 Å². The molecule has 1 N–H and O–H groups in total. The van der Waals surface area contributed by atoms with Crippen LogP contribution in [0.15, 0.2) is 71.2 Å². The smallest absolute Gasteiger partial charge is 0.248 e. The molecule has 0 unspecified atom stereocenters. The largest absolute Gasteiger partial charge is 0.457 e. The molecule has 1 amide bonds.